The number of aromatic nitrogens is 1. The number of nitrogens with zero attached hydrogens (tertiary/aromatic N) is 1. The maximum absolute atomic E-state index is 11.1. The Bertz CT molecular complexity index is 349. The summed E-state index contributed by atoms with van der Waals surface area (Å²) in [5.74, 6) is 2.26. The van der Waals surface area contributed by atoms with E-state index in [9.17, 15) is 4.79 Å². The molecule has 0 N–H and O–H groups in total. The molecule has 1 aliphatic rings. The van der Waals surface area contributed by atoms with Crippen LogP contribution in [0.25, 0.3) is 0 Å². The number of ketones is 1. The molecule has 0 fully saturated rings. The summed E-state index contributed by atoms with van der Waals surface area (Å²) in [4.78, 5) is 15.4. The zero-order chi connectivity index (χ0) is 9.26. The van der Waals surface area contributed by atoms with Gasteiger partial charge in [-0.3, -0.25) is 9.78 Å². The van der Waals surface area contributed by atoms with Crippen LogP contribution in [0.4, 0.5) is 0 Å². The van der Waals surface area contributed by atoms with Gasteiger partial charge in [0.15, 0.2) is 5.78 Å². The summed E-state index contributed by atoms with van der Waals surface area (Å²) in [6.45, 7) is 1.58. The molecule has 1 aromatic heterocycles. The second-order valence-corrected chi connectivity index (χ2v) is 4.29. The summed E-state index contributed by atoms with van der Waals surface area (Å²) in [7, 11) is 0. The molecule has 0 radical (unpaired) electrons. The lowest BCUT2D eigenvalue weighted by Crippen LogP contribution is -2.07. The topological polar surface area (TPSA) is 30.0 Å². The zero-order valence-corrected chi connectivity index (χ0v) is 8.36. The number of aryl methyl sites for hydroxylation is 1. The van der Waals surface area contributed by atoms with Crippen LogP contribution in [0.2, 0.25) is 0 Å². The molecule has 1 aliphatic heterocycles. The Morgan fingerprint density at radius 1 is 1.62 bits per heavy atom. The number of hydrogen-bond donors (Lipinski definition) is 0. The van der Waals surface area contributed by atoms with Gasteiger partial charge in [-0.1, -0.05) is 0 Å². The van der Waals surface area contributed by atoms with Crippen LogP contribution in [0.1, 0.15) is 28.5 Å². The van der Waals surface area contributed by atoms with Gasteiger partial charge in [0.1, 0.15) is 0 Å². The van der Waals surface area contributed by atoms with E-state index >= 15 is 0 Å². The second-order valence-electron chi connectivity index (χ2n) is 3.19. The van der Waals surface area contributed by atoms with E-state index in [2.05, 4.69) is 4.98 Å². The van der Waals surface area contributed by atoms with Crippen molar-refractivity contribution in [3.63, 3.8) is 0 Å². The Kier molecular flexibility index (Phi) is 2.36. The van der Waals surface area contributed by atoms with Gasteiger partial charge < -0.3 is 0 Å². The number of rotatable bonds is 1. The Morgan fingerprint density at radius 2 is 2.46 bits per heavy atom. The third-order valence-electron chi connectivity index (χ3n) is 2.21. The molecular formula is C10H11NOS. The van der Waals surface area contributed by atoms with Gasteiger partial charge in [0.2, 0.25) is 0 Å². The fourth-order valence-corrected chi connectivity index (χ4v) is 2.38. The van der Waals surface area contributed by atoms with Crippen LogP contribution in [0, 0.1) is 0 Å². The number of Topliss-reactive ketones (excluding diaryl/α,β-unsaturated/α-hetero) is 1. The molecule has 0 unspecified atom stereocenters. The lowest BCUT2D eigenvalue weighted by molar-refractivity contribution is 0.101. The molecule has 2 heterocycles. The zero-order valence-electron chi connectivity index (χ0n) is 7.54. The molecular weight excluding hydrogens is 182 g/mol. The van der Waals surface area contributed by atoms with Crippen molar-refractivity contribution in [1.29, 1.82) is 0 Å². The molecule has 13 heavy (non-hydrogen) atoms. The van der Waals surface area contributed by atoms with Gasteiger partial charge in [-0.15, -0.1) is 0 Å². The third-order valence-corrected chi connectivity index (χ3v) is 3.22. The summed E-state index contributed by atoms with van der Waals surface area (Å²) in [5, 5.41) is 0. The third kappa shape index (κ3) is 1.75. The van der Waals surface area contributed by atoms with Crippen molar-refractivity contribution in [2.24, 2.45) is 0 Å². The Morgan fingerprint density at radius 3 is 3.23 bits per heavy atom. The van der Waals surface area contributed by atoms with Gasteiger partial charge in [0.25, 0.3) is 0 Å². The van der Waals surface area contributed by atoms with Crippen LogP contribution in [-0.2, 0) is 12.2 Å². The van der Waals surface area contributed by atoms with Crippen LogP contribution in [-0.4, -0.2) is 16.5 Å². The van der Waals surface area contributed by atoms with E-state index in [1.807, 2.05) is 17.8 Å². The highest BCUT2D eigenvalue weighted by Crippen LogP contribution is 2.23. The first-order valence-electron chi connectivity index (χ1n) is 4.34. The quantitative estimate of drug-likeness (QED) is 0.639. The largest absolute Gasteiger partial charge is 0.294 e. The summed E-state index contributed by atoms with van der Waals surface area (Å²) < 4.78 is 0. The molecule has 0 aliphatic carbocycles. The lowest BCUT2D eigenvalue weighted by Gasteiger charge is -2.14. The lowest BCUT2D eigenvalue weighted by atomic mass is 10.1. The normalized spacial score (nSPS) is 15.2. The van der Waals surface area contributed by atoms with Gasteiger partial charge in [-0.25, -0.2) is 0 Å². The van der Waals surface area contributed by atoms with Crippen molar-refractivity contribution in [3.05, 3.63) is 29.1 Å². The van der Waals surface area contributed by atoms with E-state index in [1.54, 1.807) is 13.1 Å². The van der Waals surface area contributed by atoms with Gasteiger partial charge in [-0.05, 0) is 30.7 Å². The SMILES string of the molecule is CC(=O)c1cnc2c(c1)CSCC2. The van der Waals surface area contributed by atoms with E-state index in [-0.39, 0.29) is 5.78 Å². The minimum absolute atomic E-state index is 0.103. The number of thioether (sulfide) groups is 1. The fourth-order valence-electron chi connectivity index (χ4n) is 1.43. The molecule has 0 aromatic carbocycles. The average Bonchev–Trinajstić information content (AvgIpc) is 2.17. The maximum atomic E-state index is 11.1. The molecule has 2 nitrogen and oxygen atoms in total. The van der Waals surface area contributed by atoms with Gasteiger partial charge in [0.05, 0.1) is 0 Å². The van der Waals surface area contributed by atoms with E-state index in [0.29, 0.717) is 0 Å². The van der Waals surface area contributed by atoms with Crippen LogP contribution in [0.15, 0.2) is 12.3 Å². The standard InChI is InChI=1S/C10H11NOS/c1-7(12)8-4-9-6-13-3-2-10(9)11-5-8/h4-5H,2-3,6H2,1H3. The highest BCUT2D eigenvalue weighted by atomic mass is 32.2. The molecule has 3 heteroatoms. The van der Waals surface area contributed by atoms with Crippen LogP contribution < -0.4 is 0 Å². The van der Waals surface area contributed by atoms with Crippen molar-refractivity contribution in [3.8, 4) is 0 Å². The van der Waals surface area contributed by atoms with Gasteiger partial charge >= 0.3 is 0 Å². The summed E-state index contributed by atoms with van der Waals surface area (Å²) in [6.07, 6.45) is 2.73. The molecule has 0 spiro atoms. The van der Waals surface area contributed by atoms with Crippen molar-refractivity contribution in [1.82, 2.24) is 4.98 Å². The van der Waals surface area contributed by atoms with Gasteiger partial charge in [-0.2, -0.15) is 11.8 Å². The monoisotopic (exact) mass is 193 g/mol. The molecule has 0 saturated carbocycles. The fraction of sp³-hybridized carbons (Fsp3) is 0.400. The van der Waals surface area contributed by atoms with E-state index in [4.69, 9.17) is 0 Å². The molecule has 0 amide bonds. The maximum Gasteiger partial charge on any atom is 0.161 e. The smallest absolute Gasteiger partial charge is 0.161 e. The van der Waals surface area contributed by atoms with Crippen LogP contribution in [0.5, 0.6) is 0 Å². The van der Waals surface area contributed by atoms with E-state index < -0.39 is 0 Å². The molecule has 2 rings (SSSR count). The first-order chi connectivity index (χ1) is 6.27. The minimum atomic E-state index is 0.103. The number of hydrogen-bond acceptors (Lipinski definition) is 3. The Balaban J connectivity index is 2.40. The van der Waals surface area contributed by atoms with E-state index in [1.165, 1.54) is 11.3 Å². The first-order valence-corrected chi connectivity index (χ1v) is 5.49. The molecule has 0 atom stereocenters. The average molecular weight is 193 g/mol. The highest BCUT2D eigenvalue weighted by molar-refractivity contribution is 7.98. The number of fused-ring (bicyclic) bond motifs is 1. The van der Waals surface area contributed by atoms with Crippen LogP contribution in [0.3, 0.4) is 0 Å². The predicted molar refractivity (Wildman–Crippen MR) is 54.1 cm³/mol. The predicted octanol–water partition coefficient (Wildman–Crippen LogP) is 2.07. The molecule has 0 saturated heterocycles. The van der Waals surface area contributed by atoms with Gasteiger partial charge in [0, 0.05) is 23.2 Å². The van der Waals surface area contributed by atoms with Crippen molar-refractivity contribution >= 4 is 17.5 Å². The van der Waals surface area contributed by atoms with E-state index in [0.717, 1.165) is 23.5 Å². The highest BCUT2D eigenvalue weighted by Gasteiger charge is 2.12. The number of carbonyl (C=O) groups excluding carboxylic acids is 1. The summed E-state index contributed by atoms with van der Waals surface area (Å²) in [6, 6.07) is 1.98. The Hall–Kier alpha value is -0.830. The molecule has 0 bridgehead atoms. The van der Waals surface area contributed by atoms with Crippen molar-refractivity contribution in [2.75, 3.05) is 5.75 Å². The second kappa shape index (κ2) is 3.50. The van der Waals surface area contributed by atoms with Crippen molar-refractivity contribution < 1.29 is 4.79 Å². The number of carbonyl (C=O) groups is 1. The first kappa shape index (κ1) is 8.75. The van der Waals surface area contributed by atoms with Crippen molar-refractivity contribution in [2.45, 2.75) is 19.1 Å². The summed E-state index contributed by atoms with van der Waals surface area (Å²) in [5.41, 5.74) is 3.15. The Labute approximate surface area is 81.8 Å². The minimum Gasteiger partial charge on any atom is -0.294 e. The number of pyridine rings is 1. The molecule has 1 aromatic rings. The van der Waals surface area contributed by atoms with Crippen LogP contribution >= 0.6 is 11.8 Å². The molecule has 68 valence electrons. The summed E-state index contributed by atoms with van der Waals surface area (Å²) >= 11 is 1.91.